The highest BCUT2D eigenvalue weighted by molar-refractivity contribution is 5.81. The Hall–Kier alpha value is -2.08. The molecule has 4 heterocycles. The van der Waals surface area contributed by atoms with Crippen molar-refractivity contribution < 1.29 is 49.2 Å². The van der Waals surface area contributed by atoms with Crippen molar-refractivity contribution in [1.82, 2.24) is 19.5 Å². The van der Waals surface area contributed by atoms with Gasteiger partial charge in [0.15, 0.2) is 30.1 Å². The molecule has 8 N–H and O–H groups in total. The third-order valence-electron chi connectivity index (χ3n) is 5.35. The van der Waals surface area contributed by atoms with Gasteiger partial charge in [-0.05, 0) is 0 Å². The summed E-state index contributed by atoms with van der Waals surface area (Å²) in [6.07, 6.45) is -11.3. The van der Waals surface area contributed by atoms with Crippen LogP contribution in [0, 0.1) is 0 Å². The quantitative estimate of drug-likeness (QED) is 0.234. The zero-order valence-electron chi connectivity index (χ0n) is 15.8. The minimum absolute atomic E-state index is 0.0408. The zero-order valence-corrected chi connectivity index (χ0v) is 15.8. The zero-order chi connectivity index (χ0) is 22.5. The molecule has 0 aliphatic carbocycles. The fourth-order valence-electron chi connectivity index (χ4n) is 3.65. The lowest BCUT2D eigenvalue weighted by Crippen LogP contribution is -2.61. The van der Waals surface area contributed by atoms with Gasteiger partial charge in [0.05, 0.1) is 12.9 Å². The Morgan fingerprint density at radius 3 is 2.52 bits per heavy atom. The van der Waals surface area contributed by atoms with E-state index in [0.29, 0.717) is 0 Å². The summed E-state index contributed by atoms with van der Waals surface area (Å²) in [5, 5.41) is 59.5. The van der Waals surface area contributed by atoms with Crippen LogP contribution in [0.25, 0.3) is 11.2 Å². The van der Waals surface area contributed by atoms with E-state index in [2.05, 4.69) is 15.0 Å². The largest absolute Gasteiger partial charge is 0.394 e. The predicted molar refractivity (Wildman–Crippen MR) is 95.4 cm³/mol. The number of anilines is 1. The average molecular weight is 447 g/mol. The van der Waals surface area contributed by atoms with Crippen LogP contribution in [0.15, 0.2) is 12.7 Å². The Bertz CT molecular complexity index is 934. The Morgan fingerprint density at radius 1 is 1.10 bits per heavy atom. The molecule has 2 aromatic rings. The van der Waals surface area contributed by atoms with Crippen molar-refractivity contribution in [1.29, 1.82) is 0 Å². The second-order valence-corrected chi connectivity index (χ2v) is 7.28. The molecule has 14 nitrogen and oxygen atoms in total. The fourth-order valence-corrected chi connectivity index (χ4v) is 3.65. The minimum atomic E-state index is -2.96. The van der Waals surface area contributed by atoms with E-state index in [9.17, 15) is 30.6 Å². The van der Waals surface area contributed by atoms with Crippen LogP contribution in [0.5, 0.6) is 0 Å². The number of alkyl halides is 1. The van der Waals surface area contributed by atoms with Crippen molar-refractivity contribution in [2.75, 3.05) is 18.9 Å². The van der Waals surface area contributed by atoms with Crippen LogP contribution in [0.2, 0.25) is 0 Å². The molecule has 2 aliphatic rings. The maximum absolute atomic E-state index is 15.4. The molecule has 9 atom stereocenters. The smallest absolute Gasteiger partial charge is 0.263 e. The molecule has 0 bridgehead atoms. The molecule has 0 spiro atoms. The topological polar surface area (TPSA) is 219 Å². The summed E-state index contributed by atoms with van der Waals surface area (Å²) in [6, 6.07) is 0. The number of hydrogen-bond donors (Lipinski definition) is 7. The number of rotatable bonds is 5. The highest BCUT2D eigenvalue weighted by Gasteiger charge is 2.59. The third-order valence-corrected chi connectivity index (χ3v) is 5.35. The number of nitrogen functional groups attached to an aromatic ring is 1. The molecule has 0 unspecified atom stereocenters. The van der Waals surface area contributed by atoms with Crippen molar-refractivity contribution in [2.24, 2.45) is 0 Å². The minimum Gasteiger partial charge on any atom is -0.394 e. The Labute approximate surface area is 173 Å². The number of aliphatic hydroxyl groups excluding tert-OH is 6. The van der Waals surface area contributed by atoms with Gasteiger partial charge in [-0.2, -0.15) is 0 Å². The van der Waals surface area contributed by atoms with Gasteiger partial charge in [0.1, 0.15) is 49.0 Å². The van der Waals surface area contributed by atoms with E-state index in [1.165, 1.54) is 10.9 Å². The number of nitrogens with two attached hydrogens (primary N) is 1. The van der Waals surface area contributed by atoms with Crippen molar-refractivity contribution in [3.8, 4) is 0 Å². The Morgan fingerprint density at radius 2 is 1.84 bits per heavy atom. The van der Waals surface area contributed by atoms with Gasteiger partial charge in [-0.15, -0.1) is 0 Å². The van der Waals surface area contributed by atoms with E-state index in [-0.39, 0.29) is 17.0 Å². The van der Waals surface area contributed by atoms with E-state index < -0.39 is 68.2 Å². The van der Waals surface area contributed by atoms with Crippen LogP contribution in [0.1, 0.15) is 6.23 Å². The van der Waals surface area contributed by atoms with Gasteiger partial charge < -0.3 is 50.6 Å². The first-order chi connectivity index (χ1) is 14.7. The molecule has 0 amide bonds. The van der Waals surface area contributed by atoms with Gasteiger partial charge in [0.2, 0.25) is 0 Å². The molecular weight excluding hydrogens is 425 g/mol. The Balaban J connectivity index is 1.62. The summed E-state index contributed by atoms with van der Waals surface area (Å²) in [5.74, 6) is -2.92. The van der Waals surface area contributed by atoms with E-state index in [0.717, 1.165) is 6.33 Å². The summed E-state index contributed by atoms with van der Waals surface area (Å²) in [4.78, 5) is 11.8. The van der Waals surface area contributed by atoms with Crippen LogP contribution in [-0.4, -0.2) is 112 Å². The van der Waals surface area contributed by atoms with Gasteiger partial charge >= 0.3 is 0 Å². The van der Waals surface area contributed by atoms with Crippen LogP contribution >= 0.6 is 0 Å². The van der Waals surface area contributed by atoms with E-state index in [4.69, 9.17) is 19.9 Å². The number of aromatic nitrogens is 4. The average Bonchev–Trinajstić information content (AvgIpc) is 3.29. The van der Waals surface area contributed by atoms with Gasteiger partial charge in [-0.1, -0.05) is 0 Å². The number of halogens is 1. The van der Waals surface area contributed by atoms with Crippen LogP contribution in [0.4, 0.5) is 10.2 Å². The molecule has 15 heteroatoms. The van der Waals surface area contributed by atoms with Gasteiger partial charge in [-0.3, -0.25) is 4.57 Å². The van der Waals surface area contributed by atoms with E-state index in [1.54, 1.807) is 0 Å². The van der Waals surface area contributed by atoms with Crippen molar-refractivity contribution in [2.45, 2.75) is 55.0 Å². The maximum Gasteiger partial charge on any atom is 0.263 e. The van der Waals surface area contributed by atoms with Crippen molar-refractivity contribution in [3.63, 3.8) is 0 Å². The molecule has 31 heavy (non-hydrogen) atoms. The lowest BCUT2D eigenvalue weighted by molar-refractivity contribution is -0.333. The third kappa shape index (κ3) is 3.53. The van der Waals surface area contributed by atoms with E-state index in [1.807, 2.05) is 0 Å². The standard InChI is InChI=1S/C16H22FN5O9/c17-16(2-24)11(30-15-9(27)8(26)7(25)5(1-23)29-15)10(28)14(31-16)22-4-21-6-12(18)19-3-20-13(6)22/h3-5,7-11,14-15,23-28H,1-2H2,(H2,18,19,20)/t5-,7-,8+,9-,10-,11+,14-,15+,16-/m1/s1. The predicted octanol–water partition coefficient (Wildman–Crippen LogP) is -3.86. The number of ether oxygens (including phenoxy) is 3. The van der Waals surface area contributed by atoms with Gasteiger partial charge in [-0.25, -0.2) is 19.3 Å². The molecule has 2 aliphatic heterocycles. The summed E-state index contributed by atoms with van der Waals surface area (Å²) < 4.78 is 32.3. The highest BCUT2D eigenvalue weighted by Crippen LogP contribution is 2.42. The van der Waals surface area contributed by atoms with Gasteiger partial charge in [0, 0.05) is 0 Å². The molecule has 0 saturated carbocycles. The summed E-state index contributed by atoms with van der Waals surface area (Å²) in [7, 11) is 0. The molecule has 4 rings (SSSR count). The highest BCUT2D eigenvalue weighted by atomic mass is 19.2. The van der Waals surface area contributed by atoms with Crippen LogP contribution < -0.4 is 5.73 Å². The maximum atomic E-state index is 15.4. The molecular formula is C16H22FN5O9. The first kappa shape index (κ1) is 22.1. The second-order valence-electron chi connectivity index (χ2n) is 7.28. The molecule has 2 saturated heterocycles. The number of nitrogens with zero attached hydrogens (tertiary/aromatic N) is 4. The number of fused-ring (bicyclic) bond motifs is 1. The van der Waals surface area contributed by atoms with Crippen molar-refractivity contribution in [3.05, 3.63) is 12.7 Å². The normalized spacial score (nSPS) is 41.1. The van der Waals surface area contributed by atoms with Crippen LogP contribution in [0.3, 0.4) is 0 Å². The monoisotopic (exact) mass is 447 g/mol. The number of aliphatic hydroxyl groups is 6. The second kappa shape index (κ2) is 8.12. The summed E-state index contributed by atoms with van der Waals surface area (Å²) in [5.41, 5.74) is 6.01. The molecule has 172 valence electrons. The number of hydrogen-bond acceptors (Lipinski definition) is 13. The lowest BCUT2D eigenvalue weighted by Gasteiger charge is -2.41. The SMILES string of the molecule is Nc1ncnc2c1ncn2[C@@H]1O[C@](F)(CO)[C@@H](O[C@@H]2O[C@H](CO)[C@@H](O)[C@H](O)[C@H]2O)[C@H]1O. The fraction of sp³-hybridized carbons (Fsp3) is 0.688. The summed E-state index contributed by atoms with van der Waals surface area (Å²) in [6.45, 7) is -1.98. The lowest BCUT2D eigenvalue weighted by atomic mass is 9.99. The summed E-state index contributed by atoms with van der Waals surface area (Å²) >= 11 is 0. The molecule has 2 fully saturated rings. The molecule has 0 aromatic carbocycles. The van der Waals surface area contributed by atoms with Crippen LogP contribution in [-0.2, 0) is 14.2 Å². The van der Waals surface area contributed by atoms with Crippen molar-refractivity contribution >= 4 is 17.0 Å². The number of imidazole rings is 1. The molecule has 2 aromatic heterocycles. The molecule has 0 radical (unpaired) electrons. The van der Waals surface area contributed by atoms with E-state index >= 15 is 4.39 Å². The first-order valence-corrected chi connectivity index (χ1v) is 9.26. The van der Waals surface area contributed by atoms with Gasteiger partial charge in [0.25, 0.3) is 5.85 Å². The Kier molecular flexibility index (Phi) is 5.80. The first-order valence-electron chi connectivity index (χ1n) is 9.26.